The molecule has 0 amide bonds. The van der Waals surface area contributed by atoms with Gasteiger partial charge in [-0.25, -0.2) is 0 Å². The zero-order valence-corrected chi connectivity index (χ0v) is 13.6. The van der Waals surface area contributed by atoms with Crippen LogP contribution >= 0.6 is 0 Å². The molecule has 1 aromatic carbocycles. The molecule has 0 aliphatic heterocycles. The van der Waals surface area contributed by atoms with Gasteiger partial charge in [0, 0.05) is 36.8 Å². The van der Waals surface area contributed by atoms with Crippen LogP contribution in [0.3, 0.4) is 0 Å². The Bertz CT molecular complexity index is 920. The van der Waals surface area contributed by atoms with Crippen molar-refractivity contribution in [2.45, 2.75) is 6.92 Å². The molecule has 3 aromatic rings. The van der Waals surface area contributed by atoms with E-state index in [1.165, 1.54) is 0 Å². The number of rotatable bonds is 3. The summed E-state index contributed by atoms with van der Waals surface area (Å²) in [6.45, 7) is 1.95. The van der Waals surface area contributed by atoms with Gasteiger partial charge in [-0.2, -0.15) is 0 Å². The zero-order chi connectivity index (χ0) is 16.6. The van der Waals surface area contributed by atoms with Crippen LogP contribution in [0.5, 0.6) is 11.5 Å². The van der Waals surface area contributed by atoms with Crippen LogP contribution in [0.25, 0.3) is 21.9 Å². The minimum absolute atomic E-state index is 0.0668. The molecule has 3 rings (SSSR count). The molecule has 0 aliphatic carbocycles. The largest absolute Gasteiger partial charge is 0.496 e. The Morgan fingerprint density at radius 2 is 1.74 bits per heavy atom. The molecule has 118 valence electrons. The SMILES string of the molecule is COc1cc(-c2cn(C)c(=O)c3cnccc23)cc(OC)c1C. The summed E-state index contributed by atoms with van der Waals surface area (Å²) in [4.78, 5) is 16.4. The second-order valence-electron chi connectivity index (χ2n) is 5.39. The van der Waals surface area contributed by atoms with Crippen LogP contribution in [0.15, 0.2) is 41.6 Å². The third-order valence-electron chi connectivity index (χ3n) is 4.05. The van der Waals surface area contributed by atoms with Gasteiger partial charge in [0.15, 0.2) is 0 Å². The van der Waals surface area contributed by atoms with E-state index in [-0.39, 0.29) is 5.56 Å². The molecule has 0 N–H and O–H groups in total. The van der Waals surface area contributed by atoms with Crippen molar-refractivity contribution in [1.82, 2.24) is 9.55 Å². The van der Waals surface area contributed by atoms with Crippen molar-refractivity contribution in [3.05, 3.63) is 52.7 Å². The fourth-order valence-electron chi connectivity index (χ4n) is 2.78. The first-order valence-corrected chi connectivity index (χ1v) is 7.23. The first-order chi connectivity index (χ1) is 11.1. The highest BCUT2D eigenvalue weighted by Gasteiger charge is 2.14. The molecule has 0 saturated heterocycles. The Kier molecular flexibility index (Phi) is 3.78. The maximum atomic E-state index is 12.3. The number of methoxy groups -OCH3 is 2. The molecule has 0 bridgehead atoms. The smallest absolute Gasteiger partial charge is 0.259 e. The van der Waals surface area contributed by atoms with E-state index in [4.69, 9.17) is 9.47 Å². The average Bonchev–Trinajstić information content (AvgIpc) is 2.58. The minimum atomic E-state index is -0.0668. The first kappa shape index (κ1) is 15.1. The highest BCUT2D eigenvalue weighted by molar-refractivity contribution is 5.95. The molecule has 2 aromatic heterocycles. The van der Waals surface area contributed by atoms with E-state index in [0.717, 1.165) is 33.6 Å². The predicted octanol–water partition coefficient (Wildman–Crippen LogP) is 2.93. The van der Waals surface area contributed by atoms with Crippen molar-refractivity contribution >= 4 is 10.8 Å². The Morgan fingerprint density at radius 1 is 1.09 bits per heavy atom. The number of nitrogens with zero attached hydrogens (tertiary/aromatic N) is 2. The first-order valence-electron chi connectivity index (χ1n) is 7.23. The van der Waals surface area contributed by atoms with Crippen molar-refractivity contribution in [3.63, 3.8) is 0 Å². The molecule has 0 unspecified atom stereocenters. The van der Waals surface area contributed by atoms with E-state index in [0.29, 0.717) is 5.39 Å². The number of fused-ring (bicyclic) bond motifs is 1. The van der Waals surface area contributed by atoms with Crippen molar-refractivity contribution < 1.29 is 9.47 Å². The van der Waals surface area contributed by atoms with Gasteiger partial charge >= 0.3 is 0 Å². The van der Waals surface area contributed by atoms with Gasteiger partial charge in [-0.3, -0.25) is 9.78 Å². The Hall–Kier alpha value is -2.82. The molecule has 0 saturated carbocycles. The highest BCUT2D eigenvalue weighted by atomic mass is 16.5. The maximum absolute atomic E-state index is 12.3. The van der Waals surface area contributed by atoms with Crippen LogP contribution in [0.4, 0.5) is 0 Å². The third kappa shape index (κ3) is 2.44. The summed E-state index contributed by atoms with van der Waals surface area (Å²) in [6, 6.07) is 5.76. The lowest BCUT2D eigenvalue weighted by Gasteiger charge is -2.14. The molecule has 0 spiro atoms. The fourth-order valence-corrected chi connectivity index (χ4v) is 2.78. The van der Waals surface area contributed by atoms with Crippen LogP contribution in [0.1, 0.15) is 5.56 Å². The summed E-state index contributed by atoms with van der Waals surface area (Å²) in [5.74, 6) is 1.49. The molecule has 23 heavy (non-hydrogen) atoms. The fraction of sp³-hybridized carbons (Fsp3) is 0.222. The molecule has 5 nitrogen and oxygen atoms in total. The van der Waals surface area contributed by atoms with Gasteiger partial charge in [0.05, 0.1) is 19.6 Å². The second-order valence-corrected chi connectivity index (χ2v) is 5.39. The van der Waals surface area contributed by atoms with Crippen molar-refractivity contribution in [2.24, 2.45) is 7.05 Å². The van der Waals surface area contributed by atoms with E-state index in [9.17, 15) is 4.79 Å². The van der Waals surface area contributed by atoms with Crippen molar-refractivity contribution in [2.75, 3.05) is 14.2 Å². The summed E-state index contributed by atoms with van der Waals surface area (Å²) < 4.78 is 12.5. The van der Waals surface area contributed by atoms with E-state index in [2.05, 4.69) is 4.98 Å². The van der Waals surface area contributed by atoms with Gasteiger partial charge in [-0.05, 0) is 36.1 Å². The average molecular weight is 310 g/mol. The summed E-state index contributed by atoms with van der Waals surface area (Å²) in [5, 5.41) is 1.45. The molecule has 0 atom stereocenters. The van der Waals surface area contributed by atoms with E-state index >= 15 is 0 Å². The van der Waals surface area contributed by atoms with Gasteiger partial charge in [0.25, 0.3) is 5.56 Å². The summed E-state index contributed by atoms with van der Waals surface area (Å²) in [5.41, 5.74) is 2.73. The molecule has 0 radical (unpaired) electrons. The van der Waals surface area contributed by atoms with E-state index in [1.807, 2.05) is 31.3 Å². The van der Waals surface area contributed by atoms with E-state index < -0.39 is 0 Å². The third-order valence-corrected chi connectivity index (χ3v) is 4.05. The summed E-state index contributed by atoms with van der Waals surface area (Å²) in [7, 11) is 5.00. The predicted molar refractivity (Wildman–Crippen MR) is 90.3 cm³/mol. The Morgan fingerprint density at radius 3 is 2.35 bits per heavy atom. The molecule has 5 heteroatoms. The van der Waals surface area contributed by atoms with Crippen molar-refractivity contribution in [1.29, 1.82) is 0 Å². The van der Waals surface area contributed by atoms with Crippen LogP contribution in [-0.4, -0.2) is 23.8 Å². The van der Waals surface area contributed by atoms with Gasteiger partial charge in [-0.15, -0.1) is 0 Å². The Balaban J connectivity index is 2.38. The molecular formula is C18H18N2O3. The van der Waals surface area contributed by atoms with Crippen LogP contribution in [-0.2, 0) is 7.05 Å². The normalized spacial score (nSPS) is 10.8. The monoisotopic (exact) mass is 310 g/mol. The topological polar surface area (TPSA) is 53.4 Å². The van der Waals surface area contributed by atoms with Crippen LogP contribution in [0.2, 0.25) is 0 Å². The van der Waals surface area contributed by atoms with Crippen molar-refractivity contribution in [3.8, 4) is 22.6 Å². The van der Waals surface area contributed by atoms with Gasteiger partial charge in [0.1, 0.15) is 11.5 Å². The number of aryl methyl sites for hydroxylation is 1. The molecule has 0 fully saturated rings. The molecule has 2 heterocycles. The van der Waals surface area contributed by atoms with Crippen LogP contribution < -0.4 is 15.0 Å². The minimum Gasteiger partial charge on any atom is -0.496 e. The molecular weight excluding hydrogens is 292 g/mol. The lowest BCUT2D eigenvalue weighted by atomic mass is 9.99. The highest BCUT2D eigenvalue weighted by Crippen LogP contribution is 2.36. The quantitative estimate of drug-likeness (QED) is 0.746. The Labute approximate surface area is 134 Å². The number of hydrogen-bond donors (Lipinski definition) is 0. The number of ether oxygens (including phenoxy) is 2. The number of aromatic nitrogens is 2. The second kappa shape index (κ2) is 5.76. The number of pyridine rings is 2. The van der Waals surface area contributed by atoms with Gasteiger partial charge in [0.2, 0.25) is 0 Å². The summed E-state index contributed by atoms with van der Waals surface area (Å²) in [6.07, 6.45) is 5.12. The lowest BCUT2D eigenvalue weighted by molar-refractivity contribution is 0.389. The number of hydrogen-bond acceptors (Lipinski definition) is 4. The van der Waals surface area contributed by atoms with Gasteiger partial charge < -0.3 is 14.0 Å². The summed E-state index contributed by atoms with van der Waals surface area (Å²) >= 11 is 0. The standard InChI is InChI=1S/C18H18N2O3/c1-11-16(22-3)7-12(8-17(11)23-4)15-10-20(2)18(21)14-9-19-6-5-13(14)15/h5-10H,1-4H3. The van der Waals surface area contributed by atoms with E-state index in [1.54, 1.807) is 38.2 Å². The van der Waals surface area contributed by atoms with Crippen LogP contribution in [0, 0.1) is 6.92 Å². The zero-order valence-electron chi connectivity index (χ0n) is 13.6. The van der Waals surface area contributed by atoms with Gasteiger partial charge in [-0.1, -0.05) is 0 Å². The number of benzene rings is 1. The lowest BCUT2D eigenvalue weighted by Crippen LogP contribution is -2.16. The maximum Gasteiger partial charge on any atom is 0.259 e. The molecule has 0 aliphatic rings.